The van der Waals surface area contributed by atoms with Crippen LogP contribution in [0.25, 0.3) is 11.0 Å². The molecule has 0 aliphatic carbocycles. The minimum Gasteiger partial charge on any atom is -0.494 e. The molecule has 0 unspecified atom stereocenters. The number of para-hydroxylation sites is 1. The normalized spacial score (nSPS) is 11.6. The van der Waals surface area contributed by atoms with Crippen molar-refractivity contribution < 1.29 is 23.5 Å². The second-order valence-electron chi connectivity index (χ2n) is 8.23. The first-order chi connectivity index (χ1) is 17.0. The molecule has 7 heteroatoms. The molecule has 180 valence electrons. The van der Waals surface area contributed by atoms with Gasteiger partial charge < -0.3 is 24.5 Å². The SMILES string of the molecule is CC[C@H](C)c1ccc(OCC(=O)Nc2ccc(NC(=O)c3cc4ccccc4o3)c(OC)c2)cc1. The number of carbonyl (C=O) groups excluding carboxylic acids is 2. The summed E-state index contributed by atoms with van der Waals surface area (Å²) in [6, 6.07) is 21.8. The number of hydrogen-bond donors (Lipinski definition) is 2. The van der Waals surface area contributed by atoms with Crippen LogP contribution >= 0.6 is 0 Å². The third-order valence-corrected chi connectivity index (χ3v) is 5.81. The van der Waals surface area contributed by atoms with Gasteiger partial charge in [-0.05, 0) is 54.3 Å². The van der Waals surface area contributed by atoms with E-state index in [0.29, 0.717) is 34.4 Å². The molecule has 0 aliphatic rings. The number of benzene rings is 3. The predicted molar refractivity (Wildman–Crippen MR) is 136 cm³/mol. The molecular weight excluding hydrogens is 444 g/mol. The quantitative estimate of drug-likeness (QED) is 0.302. The largest absolute Gasteiger partial charge is 0.494 e. The summed E-state index contributed by atoms with van der Waals surface area (Å²) in [6.45, 7) is 4.19. The van der Waals surface area contributed by atoms with Crippen molar-refractivity contribution in [1.82, 2.24) is 0 Å². The van der Waals surface area contributed by atoms with Crippen molar-refractivity contribution in [2.24, 2.45) is 0 Å². The van der Waals surface area contributed by atoms with E-state index < -0.39 is 5.91 Å². The van der Waals surface area contributed by atoms with Crippen molar-refractivity contribution in [2.45, 2.75) is 26.2 Å². The van der Waals surface area contributed by atoms with Gasteiger partial charge in [-0.3, -0.25) is 9.59 Å². The Kier molecular flexibility index (Phi) is 7.35. The molecule has 0 saturated carbocycles. The molecule has 3 aromatic carbocycles. The van der Waals surface area contributed by atoms with Gasteiger partial charge in [-0.1, -0.05) is 44.2 Å². The van der Waals surface area contributed by atoms with E-state index in [4.69, 9.17) is 13.9 Å². The van der Waals surface area contributed by atoms with Gasteiger partial charge in [0.1, 0.15) is 17.1 Å². The molecule has 4 aromatic rings. The summed E-state index contributed by atoms with van der Waals surface area (Å²) in [7, 11) is 1.49. The van der Waals surface area contributed by atoms with Crippen molar-refractivity contribution in [2.75, 3.05) is 24.4 Å². The molecule has 0 fully saturated rings. The number of amides is 2. The smallest absolute Gasteiger partial charge is 0.291 e. The Morgan fingerprint density at radius 3 is 2.46 bits per heavy atom. The van der Waals surface area contributed by atoms with Gasteiger partial charge in [0.2, 0.25) is 0 Å². The summed E-state index contributed by atoms with van der Waals surface area (Å²) in [5.41, 5.74) is 2.85. The van der Waals surface area contributed by atoms with Crippen LogP contribution in [-0.4, -0.2) is 25.5 Å². The lowest BCUT2D eigenvalue weighted by Gasteiger charge is -2.13. The number of furan rings is 1. The van der Waals surface area contributed by atoms with Crippen LogP contribution in [0.2, 0.25) is 0 Å². The fourth-order valence-corrected chi connectivity index (χ4v) is 3.62. The van der Waals surface area contributed by atoms with Crippen molar-refractivity contribution in [3.63, 3.8) is 0 Å². The Hall–Kier alpha value is -4.26. The van der Waals surface area contributed by atoms with Crippen LogP contribution in [0.4, 0.5) is 11.4 Å². The number of nitrogens with one attached hydrogen (secondary N) is 2. The molecule has 1 heterocycles. The minimum atomic E-state index is -0.399. The number of hydrogen-bond acceptors (Lipinski definition) is 5. The van der Waals surface area contributed by atoms with Gasteiger partial charge in [-0.25, -0.2) is 0 Å². The summed E-state index contributed by atoms with van der Waals surface area (Å²) < 4.78 is 16.6. The van der Waals surface area contributed by atoms with E-state index in [2.05, 4.69) is 24.5 Å². The molecule has 35 heavy (non-hydrogen) atoms. The van der Waals surface area contributed by atoms with E-state index in [9.17, 15) is 9.59 Å². The molecule has 4 rings (SSSR count). The van der Waals surface area contributed by atoms with Crippen LogP contribution in [0.5, 0.6) is 11.5 Å². The average Bonchev–Trinajstić information content (AvgIpc) is 3.33. The monoisotopic (exact) mass is 472 g/mol. The van der Waals surface area contributed by atoms with Crippen molar-refractivity contribution in [1.29, 1.82) is 0 Å². The Morgan fingerprint density at radius 2 is 1.74 bits per heavy atom. The summed E-state index contributed by atoms with van der Waals surface area (Å²) in [4.78, 5) is 25.0. The summed E-state index contributed by atoms with van der Waals surface area (Å²) in [5, 5.41) is 6.41. The fraction of sp³-hybridized carbons (Fsp3) is 0.214. The van der Waals surface area contributed by atoms with E-state index >= 15 is 0 Å². The van der Waals surface area contributed by atoms with Gasteiger partial charge in [-0.2, -0.15) is 0 Å². The minimum absolute atomic E-state index is 0.129. The summed E-state index contributed by atoms with van der Waals surface area (Å²) >= 11 is 0. The molecule has 0 aliphatic heterocycles. The first kappa shape index (κ1) is 23.9. The van der Waals surface area contributed by atoms with E-state index in [0.717, 1.165) is 11.8 Å². The average molecular weight is 473 g/mol. The maximum absolute atomic E-state index is 12.7. The van der Waals surface area contributed by atoms with Crippen LogP contribution in [0.3, 0.4) is 0 Å². The third-order valence-electron chi connectivity index (χ3n) is 5.81. The Bertz CT molecular complexity index is 1290. The lowest BCUT2D eigenvalue weighted by Crippen LogP contribution is -2.20. The van der Waals surface area contributed by atoms with Crippen LogP contribution in [0.1, 0.15) is 42.3 Å². The molecule has 0 bridgehead atoms. The lowest BCUT2D eigenvalue weighted by atomic mass is 9.99. The second-order valence-corrected chi connectivity index (χ2v) is 8.23. The first-order valence-electron chi connectivity index (χ1n) is 11.5. The van der Waals surface area contributed by atoms with E-state index in [-0.39, 0.29) is 18.3 Å². The maximum atomic E-state index is 12.7. The van der Waals surface area contributed by atoms with Gasteiger partial charge in [0.15, 0.2) is 12.4 Å². The summed E-state index contributed by atoms with van der Waals surface area (Å²) in [5.74, 6) is 0.997. The highest BCUT2D eigenvalue weighted by molar-refractivity contribution is 6.05. The number of carbonyl (C=O) groups is 2. The lowest BCUT2D eigenvalue weighted by molar-refractivity contribution is -0.118. The van der Waals surface area contributed by atoms with Gasteiger partial charge in [0.05, 0.1) is 12.8 Å². The molecule has 2 N–H and O–H groups in total. The van der Waals surface area contributed by atoms with E-state index in [1.54, 1.807) is 30.3 Å². The number of fused-ring (bicyclic) bond motifs is 1. The molecule has 1 atom stereocenters. The van der Waals surface area contributed by atoms with Crippen molar-refractivity contribution in [3.8, 4) is 11.5 Å². The topological polar surface area (TPSA) is 89.8 Å². The number of anilines is 2. The summed E-state index contributed by atoms with van der Waals surface area (Å²) in [6.07, 6.45) is 1.06. The highest BCUT2D eigenvalue weighted by atomic mass is 16.5. The maximum Gasteiger partial charge on any atom is 0.291 e. The molecular formula is C28H28N2O5. The molecule has 2 amide bonds. The highest BCUT2D eigenvalue weighted by Gasteiger charge is 2.15. The Morgan fingerprint density at radius 1 is 0.971 bits per heavy atom. The van der Waals surface area contributed by atoms with Crippen molar-refractivity contribution in [3.05, 3.63) is 84.1 Å². The van der Waals surface area contributed by atoms with Crippen molar-refractivity contribution >= 4 is 34.2 Å². The van der Waals surface area contributed by atoms with E-state index in [1.165, 1.54) is 12.7 Å². The van der Waals surface area contributed by atoms with Crippen LogP contribution in [-0.2, 0) is 4.79 Å². The number of ether oxygens (including phenoxy) is 2. The van der Waals surface area contributed by atoms with Crippen LogP contribution in [0.15, 0.2) is 77.2 Å². The number of methoxy groups -OCH3 is 1. The Labute approximate surface area is 204 Å². The zero-order valence-corrected chi connectivity index (χ0v) is 20.0. The molecule has 7 nitrogen and oxygen atoms in total. The first-order valence-corrected chi connectivity index (χ1v) is 11.5. The predicted octanol–water partition coefficient (Wildman–Crippen LogP) is 6.22. The van der Waals surface area contributed by atoms with Gasteiger partial charge in [-0.15, -0.1) is 0 Å². The Balaban J connectivity index is 1.35. The van der Waals surface area contributed by atoms with Gasteiger partial charge in [0.25, 0.3) is 11.8 Å². The zero-order valence-electron chi connectivity index (χ0n) is 20.0. The standard InChI is InChI=1S/C28H28N2O5/c1-4-18(2)19-9-12-22(13-10-19)34-17-27(31)29-21-11-14-23(25(16-21)33-3)30-28(32)26-15-20-7-5-6-8-24(20)35-26/h5-16,18H,4,17H2,1-3H3,(H,29,31)(H,30,32)/t18-/m0/s1. The molecule has 0 saturated heterocycles. The third kappa shape index (κ3) is 5.81. The van der Waals surface area contributed by atoms with E-state index in [1.807, 2.05) is 42.5 Å². The second kappa shape index (κ2) is 10.8. The molecule has 0 spiro atoms. The highest BCUT2D eigenvalue weighted by Crippen LogP contribution is 2.29. The fourth-order valence-electron chi connectivity index (χ4n) is 3.62. The molecule has 1 aromatic heterocycles. The van der Waals surface area contributed by atoms with Gasteiger partial charge >= 0.3 is 0 Å². The van der Waals surface area contributed by atoms with Crippen LogP contribution in [0, 0.1) is 0 Å². The van der Waals surface area contributed by atoms with Gasteiger partial charge in [0, 0.05) is 17.1 Å². The molecule has 0 radical (unpaired) electrons. The van der Waals surface area contributed by atoms with Crippen LogP contribution < -0.4 is 20.1 Å². The number of rotatable bonds is 9. The zero-order chi connectivity index (χ0) is 24.8.